The molecule has 0 saturated carbocycles. The number of nitrogens with zero attached hydrogens (tertiary/aromatic N) is 3. The topological polar surface area (TPSA) is 168 Å². The zero-order valence-corrected chi connectivity index (χ0v) is 23.9. The lowest BCUT2D eigenvalue weighted by Crippen LogP contribution is -2.61. The number of aromatic nitrogens is 3. The number of rotatable bonds is 11. The number of sulfonamides is 1. The first-order valence-electron chi connectivity index (χ1n) is 13.2. The van der Waals surface area contributed by atoms with E-state index in [0.29, 0.717) is 16.8 Å². The Balaban J connectivity index is 1.52. The molecular weight excluding hydrogens is 579 g/mol. The molecule has 224 valence electrons. The third-order valence-electron chi connectivity index (χ3n) is 6.79. The molecular formula is C29H29FN6O6S. The van der Waals surface area contributed by atoms with Gasteiger partial charge in [0.2, 0.25) is 10.0 Å². The second-order valence-electron chi connectivity index (χ2n) is 9.87. The molecule has 1 unspecified atom stereocenters. The van der Waals surface area contributed by atoms with Crippen LogP contribution in [-0.2, 0) is 37.3 Å². The lowest BCUT2D eigenvalue weighted by Gasteiger charge is -2.33. The molecule has 12 nitrogen and oxygen atoms in total. The smallest absolute Gasteiger partial charge is 0.280 e. The van der Waals surface area contributed by atoms with E-state index in [1.54, 1.807) is 6.07 Å². The van der Waals surface area contributed by atoms with Gasteiger partial charge in [0, 0.05) is 30.1 Å². The summed E-state index contributed by atoms with van der Waals surface area (Å²) in [4.78, 5) is 30.8. The first-order chi connectivity index (χ1) is 20.6. The molecule has 1 aliphatic rings. The predicted octanol–water partition coefficient (Wildman–Crippen LogP) is 1.69. The van der Waals surface area contributed by atoms with Crippen LogP contribution < -0.4 is 15.8 Å². The molecule has 0 radical (unpaired) electrons. The molecule has 0 bridgehead atoms. The van der Waals surface area contributed by atoms with E-state index >= 15 is 0 Å². The molecule has 0 aliphatic carbocycles. The molecule has 3 heterocycles. The van der Waals surface area contributed by atoms with E-state index in [1.807, 2.05) is 30.3 Å². The highest BCUT2D eigenvalue weighted by atomic mass is 32.2. The Hall–Kier alpha value is -4.50. The molecule has 1 saturated heterocycles. The SMILES string of the molecule is CS(=O)(=O)NCc1cn(-c2ncccc2C(=O)NC(Cc2ccccc2)C2(C(N)=O)OCCO2)nc1-c1ccc(F)cc1. The minimum absolute atomic E-state index is 0.0916. The zero-order valence-electron chi connectivity index (χ0n) is 23.1. The highest BCUT2D eigenvalue weighted by molar-refractivity contribution is 7.88. The molecule has 0 spiro atoms. The van der Waals surface area contributed by atoms with Gasteiger partial charge in [-0.2, -0.15) is 5.10 Å². The van der Waals surface area contributed by atoms with Crippen molar-refractivity contribution >= 4 is 21.8 Å². The van der Waals surface area contributed by atoms with Crippen LogP contribution in [0.25, 0.3) is 17.1 Å². The average molecular weight is 609 g/mol. The summed E-state index contributed by atoms with van der Waals surface area (Å²) in [6, 6.07) is 16.8. The molecule has 4 N–H and O–H groups in total. The Morgan fingerprint density at radius 3 is 2.42 bits per heavy atom. The van der Waals surface area contributed by atoms with E-state index in [1.165, 1.54) is 47.4 Å². The van der Waals surface area contributed by atoms with Crippen LogP contribution >= 0.6 is 0 Å². The fourth-order valence-corrected chi connectivity index (χ4v) is 5.19. The van der Waals surface area contributed by atoms with Gasteiger partial charge >= 0.3 is 0 Å². The minimum atomic E-state index is -3.55. The highest BCUT2D eigenvalue weighted by Gasteiger charge is 2.51. The second kappa shape index (κ2) is 12.4. The molecule has 43 heavy (non-hydrogen) atoms. The fraction of sp³-hybridized carbons (Fsp3) is 0.241. The number of amides is 2. The first kappa shape index (κ1) is 30.0. The van der Waals surface area contributed by atoms with Gasteiger partial charge in [-0.3, -0.25) is 9.59 Å². The first-order valence-corrected chi connectivity index (χ1v) is 15.1. The molecule has 2 aromatic carbocycles. The summed E-state index contributed by atoms with van der Waals surface area (Å²) in [6.45, 7) is 0.118. The molecule has 2 aromatic heterocycles. The van der Waals surface area contributed by atoms with Crippen LogP contribution in [0.5, 0.6) is 0 Å². The van der Waals surface area contributed by atoms with Crippen LogP contribution in [0, 0.1) is 5.82 Å². The lowest BCUT2D eigenvalue weighted by molar-refractivity contribution is -0.189. The van der Waals surface area contributed by atoms with Crippen LogP contribution in [0.15, 0.2) is 79.1 Å². The Morgan fingerprint density at radius 1 is 1.07 bits per heavy atom. The van der Waals surface area contributed by atoms with Gasteiger partial charge in [-0.25, -0.2) is 27.2 Å². The maximum absolute atomic E-state index is 13.8. The number of carbonyl (C=O) groups excluding carboxylic acids is 2. The minimum Gasteiger partial charge on any atom is -0.365 e. The summed E-state index contributed by atoms with van der Waals surface area (Å²) < 4.78 is 52.4. The van der Waals surface area contributed by atoms with E-state index in [2.05, 4.69) is 20.1 Å². The van der Waals surface area contributed by atoms with Crippen LogP contribution in [0.2, 0.25) is 0 Å². The largest absolute Gasteiger partial charge is 0.365 e. The molecule has 5 rings (SSSR count). The third kappa shape index (κ3) is 6.78. The lowest BCUT2D eigenvalue weighted by atomic mass is 9.97. The van der Waals surface area contributed by atoms with Crippen molar-refractivity contribution in [3.05, 3.63) is 102 Å². The van der Waals surface area contributed by atoms with E-state index in [-0.39, 0.29) is 37.6 Å². The summed E-state index contributed by atoms with van der Waals surface area (Å²) >= 11 is 0. The number of nitrogens with two attached hydrogens (primary N) is 1. The molecule has 1 atom stereocenters. The van der Waals surface area contributed by atoms with Crippen LogP contribution in [0.1, 0.15) is 21.5 Å². The Bertz CT molecular complexity index is 1720. The number of hydrogen-bond donors (Lipinski definition) is 3. The quantitative estimate of drug-likeness (QED) is 0.231. The van der Waals surface area contributed by atoms with Gasteiger partial charge in [-0.05, 0) is 48.4 Å². The summed E-state index contributed by atoms with van der Waals surface area (Å²) in [6.07, 6.45) is 4.20. The van der Waals surface area contributed by atoms with Crippen molar-refractivity contribution in [1.82, 2.24) is 24.8 Å². The number of ether oxygens (including phenoxy) is 2. The number of pyridine rings is 1. The van der Waals surface area contributed by atoms with Crippen LogP contribution in [0.4, 0.5) is 4.39 Å². The number of benzene rings is 2. The van der Waals surface area contributed by atoms with E-state index in [0.717, 1.165) is 11.8 Å². The van der Waals surface area contributed by atoms with E-state index in [4.69, 9.17) is 15.2 Å². The predicted molar refractivity (Wildman–Crippen MR) is 154 cm³/mol. The number of nitrogens with one attached hydrogen (secondary N) is 2. The van der Waals surface area contributed by atoms with Crippen molar-refractivity contribution in [2.45, 2.75) is 24.8 Å². The molecule has 14 heteroatoms. The van der Waals surface area contributed by atoms with Crippen molar-refractivity contribution in [2.24, 2.45) is 5.73 Å². The Kier molecular flexibility index (Phi) is 8.64. The second-order valence-corrected chi connectivity index (χ2v) is 11.7. The summed E-state index contributed by atoms with van der Waals surface area (Å²) in [7, 11) is -3.55. The van der Waals surface area contributed by atoms with Crippen molar-refractivity contribution in [3.8, 4) is 17.1 Å². The van der Waals surface area contributed by atoms with E-state index in [9.17, 15) is 22.4 Å². The van der Waals surface area contributed by atoms with Crippen LogP contribution in [0.3, 0.4) is 0 Å². The molecule has 2 amide bonds. The highest BCUT2D eigenvalue weighted by Crippen LogP contribution is 2.28. The van der Waals surface area contributed by atoms with Gasteiger partial charge in [0.1, 0.15) is 5.82 Å². The van der Waals surface area contributed by atoms with Crippen molar-refractivity contribution < 1.29 is 31.9 Å². The van der Waals surface area contributed by atoms with Crippen molar-refractivity contribution in [1.29, 1.82) is 0 Å². The number of hydrogen-bond acceptors (Lipinski definition) is 8. The summed E-state index contributed by atoms with van der Waals surface area (Å²) in [5.74, 6) is -3.71. The van der Waals surface area contributed by atoms with Gasteiger partial charge in [0.25, 0.3) is 17.6 Å². The van der Waals surface area contributed by atoms with Crippen LogP contribution in [-0.4, -0.2) is 66.3 Å². The third-order valence-corrected chi connectivity index (χ3v) is 7.46. The van der Waals surface area contributed by atoms with Crippen molar-refractivity contribution in [3.63, 3.8) is 0 Å². The number of halogens is 1. The van der Waals surface area contributed by atoms with Gasteiger partial charge in [-0.1, -0.05) is 30.3 Å². The Morgan fingerprint density at radius 2 is 1.77 bits per heavy atom. The maximum atomic E-state index is 13.8. The fourth-order valence-electron chi connectivity index (χ4n) is 4.77. The van der Waals surface area contributed by atoms with Gasteiger partial charge in [0.05, 0.1) is 36.8 Å². The normalized spacial score (nSPS) is 15.2. The number of carbonyl (C=O) groups is 2. The number of primary amides is 1. The van der Waals surface area contributed by atoms with Gasteiger partial charge < -0.3 is 20.5 Å². The molecule has 1 fully saturated rings. The van der Waals surface area contributed by atoms with E-state index < -0.39 is 39.5 Å². The molecule has 4 aromatic rings. The van der Waals surface area contributed by atoms with Gasteiger partial charge in [0.15, 0.2) is 5.82 Å². The standard InChI is InChI=1S/C29H29FN6O6S/c1-43(39,40)33-17-21-18-36(35-25(21)20-9-11-22(30)12-10-20)26-23(8-5-13-32-26)27(37)34-24(16-19-6-3-2-4-7-19)29(28(31)38)41-14-15-42-29/h2-13,18,24,33H,14-17H2,1H3,(H2,31,38)(H,34,37). The van der Waals surface area contributed by atoms with Gasteiger partial charge in [-0.15, -0.1) is 0 Å². The summed E-state index contributed by atoms with van der Waals surface area (Å²) in [5.41, 5.74) is 7.96. The Labute approximate surface area is 247 Å². The summed E-state index contributed by atoms with van der Waals surface area (Å²) in [5, 5.41) is 7.44. The zero-order chi connectivity index (χ0) is 30.6. The monoisotopic (exact) mass is 608 g/mol. The molecule has 1 aliphatic heterocycles. The maximum Gasteiger partial charge on any atom is 0.280 e. The van der Waals surface area contributed by atoms with Crippen molar-refractivity contribution in [2.75, 3.05) is 19.5 Å². The average Bonchev–Trinajstić information content (AvgIpc) is 3.65.